The molecule has 3 aromatic rings. The van der Waals surface area contributed by atoms with Crippen molar-refractivity contribution in [1.82, 2.24) is 9.97 Å². The molecule has 2 aromatic carbocycles. The molecule has 0 saturated heterocycles. The zero-order chi connectivity index (χ0) is 17.2. The third-order valence-corrected chi connectivity index (χ3v) is 4.85. The quantitative estimate of drug-likeness (QED) is 0.698. The van der Waals surface area contributed by atoms with Gasteiger partial charge in [-0.05, 0) is 31.2 Å². The maximum atomic E-state index is 12.5. The fraction of sp³-hybridized carbons (Fsp3) is 0.0588. The second kappa shape index (κ2) is 6.29. The predicted octanol–water partition coefficient (Wildman–Crippen LogP) is 3.08. The monoisotopic (exact) mass is 341 g/mol. The van der Waals surface area contributed by atoms with Crippen LogP contribution in [0.4, 0.5) is 5.69 Å². The van der Waals surface area contributed by atoms with E-state index in [0.29, 0.717) is 11.3 Å². The van der Waals surface area contributed by atoms with Crippen LogP contribution in [-0.2, 0) is 10.0 Å². The lowest BCUT2D eigenvalue weighted by Gasteiger charge is -2.10. The Kier molecular flexibility index (Phi) is 4.18. The molecule has 2 N–H and O–H groups in total. The molecule has 7 heteroatoms. The second-order valence-electron chi connectivity index (χ2n) is 5.24. The number of anilines is 1. The fourth-order valence-electron chi connectivity index (χ4n) is 2.26. The summed E-state index contributed by atoms with van der Waals surface area (Å²) in [6, 6.07) is 12.9. The van der Waals surface area contributed by atoms with E-state index in [1.165, 1.54) is 19.1 Å². The van der Waals surface area contributed by atoms with Gasteiger partial charge < -0.3 is 4.98 Å². The minimum Gasteiger partial charge on any atom is -0.345 e. The minimum absolute atomic E-state index is 0.0437. The van der Waals surface area contributed by atoms with Crippen LogP contribution in [0.15, 0.2) is 66.0 Å². The van der Waals surface area contributed by atoms with E-state index in [9.17, 15) is 13.2 Å². The van der Waals surface area contributed by atoms with Crippen molar-refractivity contribution in [2.75, 3.05) is 4.72 Å². The SMILES string of the molecule is CC(=O)c1cccc(S(=O)(=O)Nc2cccc(-c3cnc[nH]3)c2)c1. The number of rotatable bonds is 5. The molecular weight excluding hydrogens is 326 g/mol. The lowest BCUT2D eigenvalue weighted by Crippen LogP contribution is -2.13. The number of nitrogens with one attached hydrogen (secondary N) is 2. The summed E-state index contributed by atoms with van der Waals surface area (Å²) in [6.07, 6.45) is 3.21. The van der Waals surface area contributed by atoms with Crippen molar-refractivity contribution in [3.8, 4) is 11.3 Å². The van der Waals surface area contributed by atoms with Crippen LogP contribution in [0.5, 0.6) is 0 Å². The third-order valence-electron chi connectivity index (χ3n) is 3.47. The molecule has 0 amide bonds. The van der Waals surface area contributed by atoms with Gasteiger partial charge in [-0.3, -0.25) is 9.52 Å². The first-order valence-electron chi connectivity index (χ1n) is 7.18. The van der Waals surface area contributed by atoms with Gasteiger partial charge in [0.15, 0.2) is 5.78 Å². The molecule has 0 aliphatic heterocycles. The van der Waals surface area contributed by atoms with E-state index in [1.807, 2.05) is 6.07 Å². The molecule has 0 atom stereocenters. The van der Waals surface area contributed by atoms with Gasteiger partial charge >= 0.3 is 0 Å². The number of sulfonamides is 1. The number of benzene rings is 2. The Balaban J connectivity index is 1.91. The third kappa shape index (κ3) is 3.36. The zero-order valence-corrected chi connectivity index (χ0v) is 13.7. The van der Waals surface area contributed by atoms with Crippen LogP contribution >= 0.6 is 0 Å². The highest BCUT2D eigenvalue weighted by Crippen LogP contribution is 2.23. The summed E-state index contributed by atoms with van der Waals surface area (Å²) in [4.78, 5) is 18.4. The summed E-state index contributed by atoms with van der Waals surface area (Å²) < 4.78 is 27.6. The Labute approximate surface area is 139 Å². The molecule has 0 aliphatic carbocycles. The van der Waals surface area contributed by atoms with Gasteiger partial charge in [0, 0.05) is 16.8 Å². The van der Waals surface area contributed by atoms with Crippen LogP contribution in [0.1, 0.15) is 17.3 Å². The topological polar surface area (TPSA) is 91.9 Å². The summed E-state index contributed by atoms with van der Waals surface area (Å²) in [5.74, 6) is -0.187. The Morgan fingerprint density at radius 2 is 1.92 bits per heavy atom. The van der Waals surface area contributed by atoms with Crippen molar-refractivity contribution in [2.45, 2.75) is 11.8 Å². The van der Waals surface area contributed by atoms with Gasteiger partial charge in [0.1, 0.15) is 0 Å². The Hall–Kier alpha value is -2.93. The van der Waals surface area contributed by atoms with Crippen molar-refractivity contribution in [3.63, 3.8) is 0 Å². The van der Waals surface area contributed by atoms with E-state index in [0.717, 1.165) is 11.3 Å². The van der Waals surface area contributed by atoms with Crippen molar-refractivity contribution < 1.29 is 13.2 Å². The van der Waals surface area contributed by atoms with E-state index in [1.54, 1.807) is 42.9 Å². The molecule has 0 bridgehead atoms. The molecule has 0 aliphatic rings. The molecule has 1 heterocycles. The molecule has 6 nitrogen and oxygen atoms in total. The molecule has 3 rings (SSSR count). The minimum atomic E-state index is -3.78. The molecule has 0 radical (unpaired) electrons. The van der Waals surface area contributed by atoms with Gasteiger partial charge in [-0.25, -0.2) is 13.4 Å². The first kappa shape index (κ1) is 15.9. The average Bonchev–Trinajstić information content (AvgIpc) is 3.09. The summed E-state index contributed by atoms with van der Waals surface area (Å²) in [5, 5.41) is 0. The Morgan fingerprint density at radius 3 is 2.62 bits per heavy atom. The van der Waals surface area contributed by atoms with Gasteiger partial charge in [0.2, 0.25) is 0 Å². The molecule has 0 saturated carbocycles. The van der Waals surface area contributed by atoms with Crippen molar-refractivity contribution in [2.24, 2.45) is 0 Å². The lowest BCUT2D eigenvalue weighted by atomic mass is 10.1. The van der Waals surface area contributed by atoms with Gasteiger partial charge in [-0.1, -0.05) is 24.3 Å². The summed E-state index contributed by atoms with van der Waals surface area (Å²) in [7, 11) is -3.78. The van der Waals surface area contributed by atoms with Crippen molar-refractivity contribution in [1.29, 1.82) is 0 Å². The zero-order valence-electron chi connectivity index (χ0n) is 12.9. The molecule has 1 aromatic heterocycles. The number of ketones is 1. The first-order chi connectivity index (χ1) is 11.5. The van der Waals surface area contributed by atoms with Crippen molar-refractivity contribution in [3.05, 3.63) is 66.6 Å². The van der Waals surface area contributed by atoms with Gasteiger partial charge in [0.05, 0.1) is 23.1 Å². The van der Waals surface area contributed by atoms with E-state index >= 15 is 0 Å². The highest BCUT2D eigenvalue weighted by molar-refractivity contribution is 7.92. The maximum absolute atomic E-state index is 12.5. The maximum Gasteiger partial charge on any atom is 0.261 e. The summed E-state index contributed by atoms with van der Waals surface area (Å²) in [5.41, 5.74) is 2.37. The summed E-state index contributed by atoms with van der Waals surface area (Å²) >= 11 is 0. The van der Waals surface area contributed by atoms with Crippen LogP contribution in [0.2, 0.25) is 0 Å². The second-order valence-corrected chi connectivity index (χ2v) is 6.92. The van der Waals surface area contributed by atoms with E-state index in [-0.39, 0.29) is 10.7 Å². The number of aromatic nitrogens is 2. The van der Waals surface area contributed by atoms with E-state index in [4.69, 9.17) is 0 Å². The Bertz CT molecular complexity index is 980. The van der Waals surface area contributed by atoms with Crippen LogP contribution in [0, 0.1) is 0 Å². The predicted molar refractivity (Wildman–Crippen MR) is 91.3 cm³/mol. The molecule has 0 unspecified atom stereocenters. The van der Waals surface area contributed by atoms with Crippen LogP contribution in [0.3, 0.4) is 0 Å². The van der Waals surface area contributed by atoms with E-state index < -0.39 is 10.0 Å². The van der Waals surface area contributed by atoms with Gasteiger partial charge in [0.25, 0.3) is 10.0 Å². The number of imidazole rings is 1. The standard InChI is InChI=1S/C17H15N3O3S/c1-12(21)13-4-3-7-16(9-13)24(22,23)20-15-6-2-5-14(8-15)17-10-18-11-19-17/h2-11,20H,1H3,(H,18,19). The number of nitrogens with zero attached hydrogens (tertiary/aromatic N) is 1. The number of aromatic amines is 1. The molecular formula is C17H15N3O3S. The number of H-pyrrole nitrogens is 1. The molecule has 0 spiro atoms. The highest BCUT2D eigenvalue weighted by atomic mass is 32.2. The number of carbonyl (C=O) groups excluding carboxylic acids is 1. The van der Waals surface area contributed by atoms with Crippen LogP contribution < -0.4 is 4.72 Å². The van der Waals surface area contributed by atoms with Crippen LogP contribution in [0.25, 0.3) is 11.3 Å². The summed E-state index contributed by atoms with van der Waals surface area (Å²) in [6.45, 7) is 1.40. The largest absolute Gasteiger partial charge is 0.345 e. The first-order valence-corrected chi connectivity index (χ1v) is 8.67. The highest BCUT2D eigenvalue weighted by Gasteiger charge is 2.16. The number of carbonyl (C=O) groups is 1. The fourth-order valence-corrected chi connectivity index (χ4v) is 3.36. The number of hydrogen-bond donors (Lipinski definition) is 2. The molecule has 0 fully saturated rings. The van der Waals surface area contributed by atoms with E-state index in [2.05, 4.69) is 14.7 Å². The van der Waals surface area contributed by atoms with Gasteiger partial charge in [-0.15, -0.1) is 0 Å². The van der Waals surface area contributed by atoms with Crippen molar-refractivity contribution >= 4 is 21.5 Å². The average molecular weight is 341 g/mol. The number of Topliss-reactive ketones (excluding diaryl/α,β-unsaturated/α-hetero) is 1. The van der Waals surface area contributed by atoms with Crippen LogP contribution in [-0.4, -0.2) is 24.2 Å². The lowest BCUT2D eigenvalue weighted by molar-refractivity contribution is 0.101. The molecule has 24 heavy (non-hydrogen) atoms. The Morgan fingerprint density at radius 1 is 1.12 bits per heavy atom. The molecule has 122 valence electrons. The smallest absolute Gasteiger partial charge is 0.261 e. The normalized spacial score (nSPS) is 11.2. The number of hydrogen-bond acceptors (Lipinski definition) is 4. The van der Waals surface area contributed by atoms with Gasteiger partial charge in [-0.2, -0.15) is 0 Å².